The Labute approximate surface area is 227 Å². The summed E-state index contributed by atoms with van der Waals surface area (Å²) in [4.78, 5) is 24.4. The van der Waals surface area contributed by atoms with Gasteiger partial charge in [-0.2, -0.15) is 0 Å². The number of esters is 2. The molecule has 2 N–H and O–H groups in total. The molecule has 214 valence electrons. The van der Waals surface area contributed by atoms with Crippen molar-refractivity contribution in [3.63, 3.8) is 0 Å². The Balaban J connectivity index is 1.67. The van der Waals surface area contributed by atoms with Gasteiger partial charge in [0.05, 0.1) is 37.4 Å². The molecule has 0 aromatic heterocycles. The van der Waals surface area contributed by atoms with Gasteiger partial charge in [-0.15, -0.1) is 0 Å². The molecular weight excluding hydrogens is 488 g/mol. The van der Waals surface area contributed by atoms with E-state index in [0.29, 0.717) is 19.4 Å². The van der Waals surface area contributed by atoms with E-state index >= 15 is 0 Å². The van der Waals surface area contributed by atoms with Gasteiger partial charge in [-0.1, -0.05) is 52.0 Å². The number of ether oxygens (including phenoxy) is 4. The van der Waals surface area contributed by atoms with Crippen LogP contribution in [0.15, 0.2) is 36.0 Å². The zero-order chi connectivity index (χ0) is 28.0. The first-order chi connectivity index (χ1) is 18.0. The third-order valence-corrected chi connectivity index (χ3v) is 7.97. The molecule has 3 rings (SSSR count). The lowest BCUT2D eigenvalue weighted by molar-refractivity contribution is -0.151. The highest BCUT2D eigenvalue weighted by molar-refractivity contribution is 5.70. The molecule has 8 heteroatoms. The maximum atomic E-state index is 12.6. The van der Waals surface area contributed by atoms with Crippen LogP contribution in [0.5, 0.6) is 0 Å². The number of allylic oxidation sites excluding steroid dienone is 3. The third kappa shape index (κ3) is 8.50. The number of aliphatic hydroxyl groups excluding tert-OH is 2. The minimum atomic E-state index is -0.861. The molecule has 0 aromatic carbocycles. The summed E-state index contributed by atoms with van der Waals surface area (Å²) >= 11 is 0. The van der Waals surface area contributed by atoms with Crippen LogP contribution < -0.4 is 0 Å². The van der Waals surface area contributed by atoms with Crippen LogP contribution >= 0.6 is 0 Å². The van der Waals surface area contributed by atoms with Gasteiger partial charge in [-0.3, -0.25) is 9.59 Å². The lowest BCUT2D eigenvalue weighted by atomic mass is 9.91. The molecule has 0 radical (unpaired) electrons. The Morgan fingerprint density at radius 2 is 2.00 bits per heavy atom. The predicted octanol–water partition coefficient (Wildman–Crippen LogP) is 4.04. The molecule has 38 heavy (non-hydrogen) atoms. The van der Waals surface area contributed by atoms with Crippen molar-refractivity contribution >= 4 is 11.9 Å². The summed E-state index contributed by atoms with van der Waals surface area (Å²) in [5.41, 5.74) is 0.217. The molecule has 3 aliphatic rings. The van der Waals surface area contributed by atoms with Gasteiger partial charge >= 0.3 is 11.9 Å². The zero-order valence-corrected chi connectivity index (χ0v) is 23.7. The number of cyclic esters (lactones) is 1. The normalized spacial score (nSPS) is 37.5. The van der Waals surface area contributed by atoms with Crippen molar-refractivity contribution in [2.75, 3.05) is 6.61 Å². The quantitative estimate of drug-likeness (QED) is 0.197. The van der Waals surface area contributed by atoms with Gasteiger partial charge in [0.25, 0.3) is 0 Å². The summed E-state index contributed by atoms with van der Waals surface area (Å²) in [5.74, 6) is -0.624. The summed E-state index contributed by atoms with van der Waals surface area (Å²) in [6.45, 7) is 11.8. The largest absolute Gasteiger partial charge is 0.457 e. The Morgan fingerprint density at radius 1 is 1.29 bits per heavy atom. The van der Waals surface area contributed by atoms with Crippen LogP contribution in [0.4, 0.5) is 0 Å². The van der Waals surface area contributed by atoms with Gasteiger partial charge in [0.2, 0.25) is 0 Å². The monoisotopic (exact) mass is 534 g/mol. The van der Waals surface area contributed by atoms with Crippen molar-refractivity contribution in [3.8, 4) is 0 Å². The first-order valence-corrected chi connectivity index (χ1v) is 14.0. The first-order valence-electron chi connectivity index (χ1n) is 14.0. The van der Waals surface area contributed by atoms with Gasteiger partial charge in [0, 0.05) is 18.8 Å². The third-order valence-electron chi connectivity index (χ3n) is 7.97. The maximum absolute atomic E-state index is 12.6. The second-order valence-corrected chi connectivity index (χ2v) is 11.4. The van der Waals surface area contributed by atoms with Gasteiger partial charge in [-0.05, 0) is 50.2 Å². The highest BCUT2D eigenvalue weighted by atomic mass is 16.6. The summed E-state index contributed by atoms with van der Waals surface area (Å²) in [6.07, 6.45) is 10.1. The number of rotatable bonds is 9. The van der Waals surface area contributed by atoms with Crippen LogP contribution in [0.2, 0.25) is 0 Å². The second kappa shape index (κ2) is 13.4. The van der Waals surface area contributed by atoms with Crippen LogP contribution in [0.3, 0.4) is 0 Å². The number of hydrogen-bond acceptors (Lipinski definition) is 8. The molecule has 10 atom stereocenters. The van der Waals surface area contributed by atoms with Gasteiger partial charge < -0.3 is 29.2 Å². The number of carbonyl (C=O) groups excluding carboxylic acids is 2. The fraction of sp³-hybridized carbons (Fsp3) is 0.733. The standard InChI is InChI=1S/C30H46O8/c1-7-24(33)21(5)29-25(37-29)15-18(2)9-8-10-19(3)28-20(4)11-12-26(36-22(6)31)30(17-35-30)14-13-23(32)16-27(34)38-28/h8-12,18,20-21,23-26,28-29,32-33H,7,13-17H2,1-6H3/b9-8+,12-11-,19-10+. The predicted molar refractivity (Wildman–Crippen MR) is 143 cm³/mol. The van der Waals surface area contributed by atoms with Crippen LogP contribution in [-0.2, 0) is 28.5 Å². The zero-order valence-electron chi connectivity index (χ0n) is 23.7. The van der Waals surface area contributed by atoms with E-state index in [9.17, 15) is 19.8 Å². The van der Waals surface area contributed by atoms with Crippen LogP contribution in [0.25, 0.3) is 0 Å². The topological polar surface area (TPSA) is 118 Å². The van der Waals surface area contributed by atoms with E-state index in [1.807, 2.05) is 52.0 Å². The molecule has 2 saturated heterocycles. The van der Waals surface area contributed by atoms with E-state index in [1.165, 1.54) is 6.92 Å². The van der Waals surface area contributed by atoms with Crippen LogP contribution in [0, 0.1) is 17.8 Å². The Morgan fingerprint density at radius 3 is 2.63 bits per heavy atom. The number of aliphatic hydroxyl groups is 2. The van der Waals surface area contributed by atoms with Gasteiger partial charge in [-0.25, -0.2) is 0 Å². The molecule has 1 spiro atoms. The summed E-state index contributed by atoms with van der Waals surface area (Å²) in [6, 6.07) is 0. The van der Waals surface area contributed by atoms with Crippen LogP contribution in [-0.4, -0.2) is 71.0 Å². The molecular formula is C30H46O8. The molecule has 10 unspecified atom stereocenters. The molecule has 3 heterocycles. The van der Waals surface area contributed by atoms with Crippen molar-refractivity contribution in [3.05, 3.63) is 36.0 Å². The maximum Gasteiger partial charge on any atom is 0.309 e. The molecule has 0 amide bonds. The number of carbonyl (C=O) groups is 2. The molecule has 8 nitrogen and oxygen atoms in total. The van der Waals surface area contributed by atoms with Crippen LogP contribution in [0.1, 0.15) is 73.6 Å². The van der Waals surface area contributed by atoms with Gasteiger partial charge in [0.1, 0.15) is 11.7 Å². The lowest BCUT2D eigenvalue weighted by Crippen LogP contribution is -2.35. The highest BCUT2D eigenvalue weighted by Crippen LogP contribution is 2.40. The fourth-order valence-electron chi connectivity index (χ4n) is 5.27. The van der Waals surface area contributed by atoms with Crippen molar-refractivity contribution in [1.82, 2.24) is 0 Å². The van der Waals surface area contributed by atoms with E-state index in [4.69, 9.17) is 18.9 Å². The smallest absolute Gasteiger partial charge is 0.309 e. The average Bonchev–Trinajstić information content (AvgIpc) is 3.78. The van der Waals surface area contributed by atoms with Crippen molar-refractivity contribution in [2.45, 2.75) is 116 Å². The fourth-order valence-corrected chi connectivity index (χ4v) is 5.27. The summed E-state index contributed by atoms with van der Waals surface area (Å²) < 4.78 is 22.9. The molecule has 0 aliphatic carbocycles. The SMILES string of the molecule is CCC(O)C(C)C1OC1CC(C)/C=C/C=C(\C)C1OC(=O)CC(O)CCC2(CO2)C(OC(C)=O)/C=C\C1C. The lowest BCUT2D eigenvalue weighted by Gasteiger charge is -2.27. The summed E-state index contributed by atoms with van der Waals surface area (Å²) in [5, 5.41) is 20.5. The molecule has 0 bridgehead atoms. The Kier molecular flexibility index (Phi) is 10.7. The first kappa shape index (κ1) is 30.5. The average molecular weight is 535 g/mol. The molecule has 3 aliphatic heterocycles. The minimum absolute atomic E-state index is 0.102. The van der Waals surface area contributed by atoms with E-state index in [2.05, 4.69) is 13.0 Å². The minimum Gasteiger partial charge on any atom is -0.457 e. The van der Waals surface area contributed by atoms with E-state index in [1.54, 1.807) is 0 Å². The Bertz CT molecular complexity index is 904. The molecule has 0 aromatic rings. The number of epoxide rings is 2. The Hall–Kier alpha value is -2.00. The van der Waals surface area contributed by atoms with Crippen molar-refractivity contribution in [1.29, 1.82) is 0 Å². The number of hydrogen-bond donors (Lipinski definition) is 2. The molecule has 2 fully saturated rings. The van der Waals surface area contributed by atoms with E-state index in [-0.39, 0.29) is 42.5 Å². The summed E-state index contributed by atoms with van der Waals surface area (Å²) in [7, 11) is 0. The molecule has 0 saturated carbocycles. The van der Waals surface area contributed by atoms with Crippen molar-refractivity contribution < 1.29 is 38.7 Å². The highest BCUT2D eigenvalue weighted by Gasteiger charge is 2.52. The van der Waals surface area contributed by atoms with Crippen molar-refractivity contribution in [2.24, 2.45) is 17.8 Å². The second-order valence-electron chi connectivity index (χ2n) is 11.4. The van der Waals surface area contributed by atoms with E-state index in [0.717, 1.165) is 18.4 Å². The van der Waals surface area contributed by atoms with Gasteiger partial charge in [0.15, 0.2) is 6.10 Å². The van der Waals surface area contributed by atoms with E-state index < -0.39 is 35.9 Å².